The third-order valence-electron chi connectivity index (χ3n) is 2.98. The smallest absolute Gasteiger partial charge is 0.277 e. The van der Waals surface area contributed by atoms with Crippen LogP contribution in [0.1, 0.15) is 35.9 Å². The first-order valence-electron chi connectivity index (χ1n) is 6.59. The van der Waals surface area contributed by atoms with Gasteiger partial charge in [-0.25, -0.2) is 4.98 Å². The van der Waals surface area contributed by atoms with Crippen molar-refractivity contribution in [3.63, 3.8) is 0 Å². The highest BCUT2D eigenvalue weighted by atomic mass is 79.9. The van der Waals surface area contributed by atoms with Crippen LogP contribution in [0, 0.1) is 0 Å². The highest BCUT2D eigenvalue weighted by Crippen LogP contribution is 2.27. The van der Waals surface area contributed by atoms with Crippen molar-refractivity contribution >= 4 is 33.3 Å². The number of pyridine rings is 1. The molecule has 0 aliphatic heterocycles. The topological polar surface area (TPSA) is 73.9 Å². The first kappa shape index (κ1) is 15.5. The van der Waals surface area contributed by atoms with Crippen LogP contribution in [0.5, 0.6) is 0 Å². The van der Waals surface area contributed by atoms with Crippen LogP contribution in [0.15, 0.2) is 22.8 Å². The number of amides is 1. The predicted molar refractivity (Wildman–Crippen MR) is 86.9 cm³/mol. The van der Waals surface area contributed by atoms with Crippen molar-refractivity contribution in [2.75, 3.05) is 24.3 Å². The molecule has 2 heterocycles. The number of carbonyl (C=O) groups excluding carboxylic acids is 1. The molecular weight excluding hydrogens is 334 g/mol. The summed E-state index contributed by atoms with van der Waals surface area (Å²) in [5.74, 6) is 0.673. The lowest BCUT2D eigenvalue weighted by atomic mass is 10.1. The summed E-state index contributed by atoms with van der Waals surface area (Å²) in [7, 11) is 3.75. The maximum Gasteiger partial charge on any atom is 0.277 e. The summed E-state index contributed by atoms with van der Waals surface area (Å²) < 4.78 is 0.699. The van der Waals surface area contributed by atoms with Crippen LogP contribution in [-0.4, -0.2) is 35.2 Å². The number of H-pyrrole nitrogens is 1. The molecule has 0 atom stereocenters. The van der Waals surface area contributed by atoms with Crippen LogP contribution in [0.3, 0.4) is 0 Å². The molecule has 112 valence electrons. The lowest BCUT2D eigenvalue weighted by molar-refractivity contribution is 0.102. The summed E-state index contributed by atoms with van der Waals surface area (Å²) >= 11 is 3.43. The monoisotopic (exact) mass is 351 g/mol. The van der Waals surface area contributed by atoms with Gasteiger partial charge in [-0.2, -0.15) is 5.10 Å². The van der Waals surface area contributed by atoms with Crippen LogP contribution >= 0.6 is 15.9 Å². The zero-order valence-corrected chi connectivity index (χ0v) is 14.0. The molecule has 0 fully saturated rings. The summed E-state index contributed by atoms with van der Waals surface area (Å²) in [6.07, 6.45) is 1.69. The molecule has 0 unspecified atom stereocenters. The van der Waals surface area contributed by atoms with E-state index in [0.717, 1.165) is 5.69 Å². The molecule has 2 aromatic heterocycles. The predicted octanol–water partition coefficient (Wildman–Crippen LogP) is 3.01. The highest BCUT2D eigenvalue weighted by Gasteiger charge is 2.20. The molecule has 0 aliphatic rings. The molecule has 2 N–H and O–H groups in total. The maximum absolute atomic E-state index is 12.4. The van der Waals surface area contributed by atoms with Gasteiger partial charge in [0, 0.05) is 20.3 Å². The van der Waals surface area contributed by atoms with Gasteiger partial charge in [-0.15, -0.1) is 0 Å². The van der Waals surface area contributed by atoms with Gasteiger partial charge in [-0.05, 0) is 34.0 Å². The van der Waals surface area contributed by atoms with E-state index < -0.39 is 0 Å². The normalized spacial score (nSPS) is 10.8. The van der Waals surface area contributed by atoms with E-state index in [4.69, 9.17) is 0 Å². The fourth-order valence-electron chi connectivity index (χ4n) is 1.91. The van der Waals surface area contributed by atoms with Gasteiger partial charge >= 0.3 is 0 Å². The zero-order valence-electron chi connectivity index (χ0n) is 12.4. The number of aromatic amines is 1. The number of hydrogen-bond donors (Lipinski definition) is 2. The van der Waals surface area contributed by atoms with E-state index in [9.17, 15) is 4.79 Å². The highest BCUT2D eigenvalue weighted by molar-refractivity contribution is 9.10. The lowest BCUT2D eigenvalue weighted by Crippen LogP contribution is -2.18. The Morgan fingerprint density at radius 2 is 2.14 bits per heavy atom. The molecule has 0 aromatic carbocycles. The van der Waals surface area contributed by atoms with Crippen LogP contribution in [0.4, 0.5) is 11.5 Å². The molecule has 0 aliphatic carbocycles. The van der Waals surface area contributed by atoms with E-state index in [1.807, 2.05) is 38.9 Å². The molecule has 2 aromatic rings. The average Bonchev–Trinajstić information content (AvgIpc) is 2.81. The third-order valence-corrected chi connectivity index (χ3v) is 3.79. The fraction of sp³-hybridized carbons (Fsp3) is 0.357. The van der Waals surface area contributed by atoms with Crippen molar-refractivity contribution in [1.29, 1.82) is 0 Å². The quantitative estimate of drug-likeness (QED) is 0.887. The van der Waals surface area contributed by atoms with Gasteiger partial charge in [0.15, 0.2) is 11.5 Å². The van der Waals surface area contributed by atoms with Gasteiger partial charge in [-0.3, -0.25) is 9.89 Å². The molecule has 2 rings (SSSR count). The van der Waals surface area contributed by atoms with Gasteiger partial charge in [0.2, 0.25) is 0 Å². The largest absolute Gasteiger partial charge is 0.361 e. The molecule has 7 heteroatoms. The Bertz CT molecular complexity index is 651. The van der Waals surface area contributed by atoms with Crippen molar-refractivity contribution in [3.8, 4) is 0 Å². The maximum atomic E-state index is 12.4. The van der Waals surface area contributed by atoms with Gasteiger partial charge in [0.1, 0.15) is 0 Å². The summed E-state index contributed by atoms with van der Waals surface area (Å²) in [5, 5.41) is 9.83. The Morgan fingerprint density at radius 3 is 2.71 bits per heavy atom. The van der Waals surface area contributed by atoms with Crippen molar-refractivity contribution in [2.24, 2.45) is 0 Å². The van der Waals surface area contributed by atoms with Crippen LogP contribution in [-0.2, 0) is 0 Å². The Kier molecular flexibility index (Phi) is 4.62. The van der Waals surface area contributed by atoms with Gasteiger partial charge in [-0.1, -0.05) is 13.8 Å². The number of anilines is 2. The number of nitrogens with zero attached hydrogens (tertiary/aromatic N) is 3. The van der Waals surface area contributed by atoms with E-state index >= 15 is 0 Å². The lowest BCUT2D eigenvalue weighted by Gasteiger charge is -2.15. The summed E-state index contributed by atoms with van der Waals surface area (Å²) in [6, 6.07) is 3.59. The third kappa shape index (κ3) is 3.24. The van der Waals surface area contributed by atoms with E-state index in [1.165, 1.54) is 0 Å². The minimum atomic E-state index is -0.277. The fourth-order valence-corrected chi connectivity index (χ4v) is 2.72. The zero-order chi connectivity index (χ0) is 15.6. The Labute approximate surface area is 132 Å². The van der Waals surface area contributed by atoms with Crippen molar-refractivity contribution in [1.82, 2.24) is 15.2 Å². The molecule has 0 bridgehead atoms. The number of hydrogen-bond acceptors (Lipinski definition) is 4. The molecule has 0 saturated heterocycles. The van der Waals surface area contributed by atoms with Crippen LogP contribution < -0.4 is 10.2 Å². The molecule has 1 amide bonds. The Hall–Kier alpha value is -1.89. The molecule has 21 heavy (non-hydrogen) atoms. The van der Waals surface area contributed by atoms with E-state index in [0.29, 0.717) is 21.7 Å². The molecular formula is C14H18BrN5O. The van der Waals surface area contributed by atoms with Crippen molar-refractivity contribution in [3.05, 3.63) is 34.2 Å². The average molecular weight is 352 g/mol. The van der Waals surface area contributed by atoms with Crippen LogP contribution in [0.25, 0.3) is 0 Å². The second-order valence-corrected chi connectivity index (χ2v) is 5.97. The van der Waals surface area contributed by atoms with Gasteiger partial charge in [0.25, 0.3) is 5.91 Å². The standard InChI is InChI=1S/C14H18BrN5O/c1-8(2)11-10(15)12(19-18-11)14(21)17-9-6-5-7-16-13(9)20(3)4/h5-8H,1-4H3,(H,17,21)(H,18,19). The Morgan fingerprint density at radius 1 is 1.43 bits per heavy atom. The number of carbonyl (C=O) groups is 1. The van der Waals surface area contributed by atoms with Gasteiger partial charge in [0.05, 0.1) is 15.9 Å². The number of aromatic nitrogens is 3. The molecule has 6 nitrogen and oxygen atoms in total. The second-order valence-electron chi connectivity index (χ2n) is 5.18. The van der Waals surface area contributed by atoms with E-state index in [-0.39, 0.29) is 11.8 Å². The SMILES string of the molecule is CC(C)c1[nH]nc(C(=O)Nc2cccnc2N(C)C)c1Br. The first-order valence-corrected chi connectivity index (χ1v) is 7.38. The second kappa shape index (κ2) is 6.26. The summed E-state index contributed by atoms with van der Waals surface area (Å²) in [5.41, 5.74) is 1.89. The summed E-state index contributed by atoms with van der Waals surface area (Å²) in [6.45, 7) is 4.07. The molecule has 0 saturated carbocycles. The minimum Gasteiger partial charge on any atom is -0.361 e. The minimum absolute atomic E-state index is 0.254. The van der Waals surface area contributed by atoms with Crippen molar-refractivity contribution in [2.45, 2.75) is 19.8 Å². The number of halogens is 1. The van der Waals surface area contributed by atoms with E-state index in [1.54, 1.807) is 12.3 Å². The van der Waals surface area contributed by atoms with E-state index in [2.05, 4.69) is 36.4 Å². The Balaban J connectivity index is 2.27. The van der Waals surface area contributed by atoms with Gasteiger partial charge < -0.3 is 10.2 Å². The number of rotatable bonds is 4. The first-order chi connectivity index (χ1) is 9.91. The molecule has 0 radical (unpaired) electrons. The van der Waals surface area contributed by atoms with Crippen molar-refractivity contribution < 1.29 is 4.79 Å². The van der Waals surface area contributed by atoms with Crippen LogP contribution in [0.2, 0.25) is 0 Å². The molecule has 0 spiro atoms. The number of nitrogens with one attached hydrogen (secondary N) is 2. The summed E-state index contributed by atoms with van der Waals surface area (Å²) in [4.78, 5) is 18.5.